The summed E-state index contributed by atoms with van der Waals surface area (Å²) in [6, 6.07) is 0. The number of hydrogen-bond donors (Lipinski definition) is 0. The van der Waals surface area contributed by atoms with E-state index >= 15 is 0 Å². The van der Waals surface area contributed by atoms with Gasteiger partial charge in [-0.25, -0.2) is 0 Å². The first-order valence-corrected chi connectivity index (χ1v) is 2.65. The fourth-order valence-electron chi connectivity index (χ4n) is 0.404. The zero-order chi connectivity index (χ0) is 6.57. The zero-order valence-corrected chi connectivity index (χ0v) is 5.56. The molecule has 0 aliphatic carbocycles. The lowest BCUT2D eigenvalue weighted by Crippen LogP contribution is -1.69. The first-order chi connectivity index (χ1) is 3.66. The standard InChI is InChI=1S/C7H11O/c1-4-6(2)5-7(3)8/h4-5H,1-3H3. The normalized spacial score (nSPS) is 14.4. The van der Waals surface area contributed by atoms with E-state index < -0.39 is 0 Å². The van der Waals surface area contributed by atoms with Crippen LogP contribution in [0, 0.1) is 0 Å². The highest BCUT2D eigenvalue weighted by Gasteiger charge is 1.82. The molecule has 0 N–H and O–H groups in total. The molecule has 0 aliphatic rings. The average Bonchev–Trinajstić information content (AvgIpc) is 1.65. The molecule has 0 unspecified atom stereocenters. The predicted octanol–water partition coefficient (Wildman–Crippen LogP) is 2.29. The second kappa shape index (κ2) is 3.30. The van der Waals surface area contributed by atoms with Crippen molar-refractivity contribution in [2.24, 2.45) is 0 Å². The summed E-state index contributed by atoms with van der Waals surface area (Å²) in [5.74, 6) is 0.112. The van der Waals surface area contributed by atoms with Crippen molar-refractivity contribution in [3.05, 3.63) is 23.5 Å². The van der Waals surface area contributed by atoms with E-state index in [0.29, 0.717) is 0 Å². The van der Waals surface area contributed by atoms with Gasteiger partial charge >= 0.3 is 0 Å². The summed E-state index contributed by atoms with van der Waals surface area (Å²) in [6.07, 6.45) is 3.52. The summed E-state index contributed by atoms with van der Waals surface area (Å²) in [5, 5.41) is 10.3. The topological polar surface area (TPSA) is 19.9 Å². The molecule has 0 aromatic rings. The lowest BCUT2D eigenvalue weighted by Gasteiger charge is -1.84. The summed E-state index contributed by atoms with van der Waals surface area (Å²) in [4.78, 5) is 0. The van der Waals surface area contributed by atoms with Crippen molar-refractivity contribution >= 4 is 0 Å². The molecule has 0 aliphatic heterocycles. The van der Waals surface area contributed by atoms with Gasteiger partial charge in [-0.05, 0) is 26.8 Å². The molecule has 0 aromatic carbocycles. The second-order valence-electron chi connectivity index (χ2n) is 1.79. The minimum atomic E-state index is 0.112. The van der Waals surface area contributed by atoms with Gasteiger partial charge in [-0.2, -0.15) is 0 Å². The Balaban J connectivity index is 3.89. The van der Waals surface area contributed by atoms with Crippen LogP contribution in [0.15, 0.2) is 23.5 Å². The molecule has 0 fully saturated rings. The fraction of sp³-hybridized carbons (Fsp3) is 0.429. The van der Waals surface area contributed by atoms with Gasteiger partial charge in [0.15, 0.2) is 5.76 Å². The van der Waals surface area contributed by atoms with E-state index in [-0.39, 0.29) is 5.76 Å². The fourth-order valence-corrected chi connectivity index (χ4v) is 0.404. The van der Waals surface area contributed by atoms with Gasteiger partial charge in [-0.15, -0.1) is 0 Å². The molecule has 0 atom stereocenters. The van der Waals surface area contributed by atoms with Crippen LogP contribution in [0.5, 0.6) is 0 Å². The third kappa shape index (κ3) is 3.47. The smallest absolute Gasteiger partial charge is 0.152 e. The summed E-state index contributed by atoms with van der Waals surface area (Å²) in [6.45, 7) is 5.36. The summed E-state index contributed by atoms with van der Waals surface area (Å²) in [5.41, 5.74) is 1.03. The van der Waals surface area contributed by atoms with Crippen molar-refractivity contribution < 1.29 is 5.11 Å². The first-order valence-electron chi connectivity index (χ1n) is 2.65. The average molecular weight is 111 g/mol. The van der Waals surface area contributed by atoms with Crippen molar-refractivity contribution in [2.45, 2.75) is 20.8 Å². The molecule has 0 amide bonds. The minimum Gasteiger partial charge on any atom is -0.295 e. The molecule has 45 valence electrons. The van der Waals surface area contributed by atoms with Crippen molar-refractivity contribution in [3.63, 3.8) is 0 Å². The van der Waals surface area contributed by atoms with Gasteiger partial charge in [0, 0.05) is 0 Å². The molecule has 0 saturated heterocycles. The molecular weight excluding hydrogens is 100 g/mol. The highest BCUT2D eigenvalue weighted by molar-refractivity contribution is 5.15. The Morgan fingerprint density at radius 3 is 2.00 bits per heavy atom. The van der Waals surface area contributed by atoms with Crippen LogP contribution in [0.3, 0.4) is 0 Å². The Labute approximate surface area is 50.3 Å². The number of allylic oxidation sites excluding steroid dienone is 4. The molecule has 0 spiro atoms. The Bertz CT molecular complexity index is 116. The maximum Gasteiger partial charge on any atom is 0.152 e. The van der Waals surface area contributed by atoms with Crippen molar-refractivity contribution in [1.82, 2.24) is 0 Å². The quantitative estimate of drug-likeness (QED) is 0.365. The highest BCUT2D eigenvalue weighted by Crippen LogP contribution is 1.97. The van der Waals surface area contributed by atoms with E-state index in [2.05, 4.69) is 0 Å². The highest BCUT2D eigenvalue weighted by atomic mass is 16.3. The molecule has 1 radical (unpaired) electrons. The van der Waals surface area contributed by atoms with E-state index in [9.17, 15) is 5.11 Å². The van der Waals surface area contributed by atoms with E-state index in [1.807, 2.05) is 19.9 Å². The van der Waals surface area contributed by atoms with Crippen LogP contribution in [0.2, 0.25) is 0 Å². The summed E-state index contributed by atoms with van der Waals surface area (Å²) < 4.78 is 0. The SMILES string of the molecule is CC=C(C)C=C(C)[O]. The van der Waals surface area contributed by atoms with E-state index in [4.69, 9.17) is 0 Å². The lowest BCUT2D eigenvalue weighted by molar-refractivity contribution is 0.300. The number of hydrogen-bond acceptors (Lipinski definition) is 0. The summed E-state index contributed by atoms with van der Waals surface area (Å²) in [7, 11) is 0. The molecule has 0 rings (SSSR count). The van der Waals surface area contributed by atoms with Crippen LogP contribution in [0.1, 0.15) is 20.8 Å². The largest absolute Gasteiger partial charge is 0.295 e. The minimum absolute atomic E-state index is 0.112. The third-order valence-electron chi connectivity index (χ3n) is 0.886. The number of rotatable bonds is 1. The molecule has 8 heavy (non-hydrogen) atoms. The third-order valence-corrected chi connectivity index (χ3v) is 0.886. The maximum atomic E-state index is 10.3. The van der Waals surface area contributed by atoms with Crippen LogP contribution in [-0.4, -0.2) is 0 Å². The first kappa shape index (κ1) is 7.28. The van der Waals surface area contributed by atoms with Crippen molar-refractivity contribution in [3.8, 4) is 0 Å². The molecule has 0 heterocycles. The molecule has 0 bridgehead atoms. The Hall–Kier alpha value is -0.720. The molecule has 0 aromatic heterocycles. The van der Waals surface area contributed by atoms with Gasteiger partial charge in [0.2, 0.25) is 0 Å². The van der Waals surface area contributed by atoms with Gasteiger partial charge in [0.05, 0.1) is 0 Å². The maximum absolute atomic E-state index is 10.3. The summed E-state index contributed by atoms with van der Waals surface area (Å²) >= 11 is 0. The monoisotopic (exact) mass is 111 g/mol. The van der Waals surface area contributed by atoms with Gasteiger partial charge in [-0.3, -0.25) is 5.11 Å². The van der Waals surface area contributed by atoms with Crippen LogP contribution < -0.4 is 0 Å². The Morgan fingerprint density at radius 1 is 1.38 bits per heavy atom. The van der Waals surface area contributed by atoms with Gasteiger partial charge in [-0.1, -0.05) is 11.6 Å². The van der Waals surface area contributed by atoms with E-state index in [0.717, 1.165) is 5.57 Å². The molecule has 1 nitrogen and oxygen atoms in total. The van der Waals surface area contributed by atoms with Crippen LogP contribution >= 0.6 is 0 Å². The van der Waals surface area contributed by atoms with E-state index in [1.165, 1.54) is 0 Å². The molecule has 0 saturated carbocycles. The van der Waals surface area contributed by atoms with Gasteiger partial charge < -0.3 is 0 Å². The van der Waals surface area contributed by atoms with Crippen LogP contribution in [0.25, 0.3) is 0 Å². The van der Waals surface area contributed by atoms with Crippen molar-refractivity contribution in [2.75, 3.05) is 0 Å². The predicted molar refractivity (Wildman–Crippen MR) is 33.9 cm³/mol. The van der Waals surface area contributed by atoms with Gasteiger partial charge in [0.1, 0.15) is 0 Å². The second-order valence-corrected chi connectivity index (χ2v) is 1.79. The van der Waals surface area contributed by atoms with Crippen molar-refractivity contribution in [1.29, 1.82) is 0 Å². The van der Waals surface area contributed by atoms with E-state index in [1.54, 1.807) is 13.0 Å². The zero-order valence-electron chi connectivity index (χ0n) is 5.56. The Morgan fingerprint density at radius 2 is 1.88 bits per heavy atom. The Kier molecular flexibility index (Phi) is 3.01. The molecular formula is C7H11O. The lowest BCUT2D eigenvalue weighted by atomic mass is 10.2. The van der Waals surface area contributed by atoms with Gasteiger partial charge in [0.25, 0.3) is 0 Å². The molecule has 1 heteroatoms. The van der Waals surface area contributed by atoms with Crippen LogP contribution in [0.4, 0.5) is 0 Å². The van der Waals surface area contributed by atoms with Crippen LogP contribution in [-0.2, 0) is 5.11 Å².